The number of aromatic nitrogens is 4. The number of benzene rings is 7. The van der Waals surface area contributed by atoms with Crippen LogP contribution in [0.1, 0.15) is 0 Å². The van der Waals surface area contributed by atoms with Gasteiger partial charge in [0.25, 0.3) is 0 Å². The Balaban J connectivity index is 1.18. The minimum Gasteiger partial charge on any atom is -0.456 e. The predicted molar refractivity (Wildman–Crippen MR) is 203 cm³/mol. The first-order chi connectivity index (χ1) is 24.8. The summed E-state index contributed by atoms with van der Waals surface area (Å²) in [6, 6.07) is 58.6. The van der Waals surface area contributed by atoms with Crippen LogP contribution in [-0.4, -0.2) is 19.5 Å². The van der Waals surface area contributed by atoms with E-state index in [1.165, 1.54) is 0 Å². The van der Waals surface area contributed by atoms with Crippen LogP contribution in [0.4, 0.5) is 0 Å². The average molecular weight is 641 g/mol. The molecule has 234 valence electrons. The Morgan fingerprint density at radius 1 is 0.380 bits per heavy atom. The maximum Gasteiger partial charge on any atom is 0.238 e. The van der Waals surface area contributed by atoms with E-state index in [1.807, 2.05) is 48.5 Å². The first-order valence-corrected chi connectivity index (χ1v) is 16.7. The molecule has 0 saturated heterocycles. The van der Waals surface area contributed by atoms with E-state index in [-0.39, 0.29) is 0 Å². The molecule has 0 aliphatic rings. The number of rotatable bonds is 5. The summed E-state index contributed by atoms with van der Waals surface area (Å²) in [6.45, 7) is 0. The van der Waals surface area contributed by atoms with E-state index in [0.29, 0.717) is 17.6 Å². The van der Waals surface area contributed by atoms with Crippen molar-refractivity contribution in [2.24, 2.45) is 0 Å². The van der Waals surface area contributed by atoms with Crippen LogP contribution in [-0.2, 0) is 0 Å². The zero-order chi connectivity index (χ0) is 33.0. The summed E-state index contributed by atoms with van der Waals surface area (Å²) in [5.74, 6) is 1.80. The lowest BCUT2D eigenvalue weighted by Crippen LogP contribution is -2.06. The number of fused-ring (bicyclic) bond motifs is 6. The van der Waals surface area contributed by atoms with Gasteiger partial charge in [0.2, 0.25) is 5.95 Å². The van der Waals surface area contributed by atoms with Crippen LogP contribution in [0.25, 0.3) is 94.7 Å². The molecular formula is C45H28N4O. The van der Waals surface area contributed by atoms with Crippen LogP contribution in [0.2, 0.25) is 0 Å². The van der Waals surface area contributed by atoms with E-state index in [4.69, 9.17) is 19.4 Å². The summed E-state index contributed by atoms with van der Waals surface area (Å²) >= 11 is 0. The Bertz CT molecular complexity index is 2820. The van der Waals surface area contributed by atoms with Gasteiger partial charge in [0, 0.05) is 32.7 Å². The van der Waals surface area contributed by atoms with Gasteiger partial charge in [0.1, 0.15) is 11.2 Å². The van der Waals surface area contributed by atoms with Crippen LogP contribution in [0, 0.1) is 0 Å². The Hall–Kier alpha value is -6.85. The highest BCUT2D eigenvalue weighted by Gasteiger charge is 2.19. The largest absolute Gasteiger partial charge is 0.456 e. The molecule has 0 bridgehead atoms. The fourth-order valence-electron chi connectivity index (χ4n) is 7.15. The van der Waals surface area contributed by atoms with Crippen molar-refractivity contribution in [3.8, 4) is 51.0 Å². The Morgan fingerprint density at radius 2 is 0.940 bits per heavy atom. The number of para-hydroxylation sites is 3. The summed E-state index contributed by atoms with van der Waals surface area (Å²) in [6.07, 6.45) is 0. The molecule has 50 heavy (non-hydrogen) atoms. The van der Waals surface area contributed by atoms with Crippen molar-refractivity contribution >= 4 is 43.7 Å². The van der Waals surface area contributed by atoms with E-state index in [1.54, 1.807) is 0 Å². The minimum absolute atomic E-state index is 0.576. The van der Waals surface area contributed by atoms with Crippen molar-refractivity contribution in [1.29, 1.82) is 0 Å². The molecule has 0 unspecified atom stereocenters. The molecule has 10 rings (SSSR count). The zero-order valence-electron chi connectivity index (χ0n) is 26.9. The minimum atomic E-state index is 0.576. The molecule has 0 spiro atoms. The molecular weight excluding hydrogens is 613 g/mol. The summed E-state index contributed by atoms with van der Waals surface area (Å²) in [5, 5.41) is 4.54. The standard InChI is InChI=1S/C45H28N4O/c1-3-14-29(15-4-1)37-27-33(28-41-42(37)36-22-9-12-25-40(36)50-41)31-18-13-19-32(26-31)44-46-43(30-16-5-2-6-17-30)47-45(48-44)49-38-23-10-7-20-34(38)35-21-8-11-24-39(35)49/h1-28H. The van der Waals surface area contributed by atoms with Gasteiger partial charge < -0.3 is 4.42 Å². The molecule has 5 nitrogen and oxygen atoms in total. The summed E-state index contributed by atoms with van der Waals surface area (Å²) in [5.41, 5.74) is 10.0. The van der Waals surface area contributed by atoms with Crippen LogP contribution in [0.5, 0.6) is 0 Å². The molecule has 0 aliphatic heterocycles. The van der Waals surface area contributed by atoms with Crippen LogP contribution >= 0.6 is 0 Å². The number of hydrogen-bond donors (Lipinski definition) is 0. The molecule has 10 aromatic rings. The van der Waals surface area contributed by atoms with Gasteiger partial charge >= 0.3 is 0 Å². The second kappa shape index (κ2) is 11.4. The van der Waals surface area contributed by atoms with Crippen molar-refractivity contribution in [2.45, 2.75) is 0 Å². The van der Waals surface area contributed by atoms with Crippen molar-refractivity contribution in [3.63, 3.8) is 0 Å². The molecule has 7 aromatic carbocycles. The van der Waals surface area contributed by atoms with E-state index < -0.39 is 0 Å². The van der Waals surface area contributed by atoms with Crippen LogP contribution < -0.4 is 0 Å². The summed E-state index contributed by atoms with van der Waals surface area (Å²) in [4.78, 5) is 15.3. The van der Waals surface area contributed by atoms with E-state index in [9.17, 15) is 0 Å². The van der Waals surface area contributed by atoms with E-state index in [0.717, 1.165) is 77.1 Å². The lowest BCUT2D eigenvalue weighted by Gasteiger charge is -2.12. The first kappa shape index (κ1) is 28.2. The third kappa shape index (κ3) is 4.60. The molecule has 0 radical (unpaired) electrons. The van der Waals surface area contributed by atoms with Gasteiger partial charge in [0.05, 0.1) is 11.0 Å². The molecule has 0 atom stereocenters. The highest BCUT2D eigenvalue weighted by molar-refractivity contribution is 6.14. The van der Waals surface area contributed by atoms with Crippen molar-refractivity contribution in [3.05, 3.63) is 170 Å². The molecule has 0 amide bonds. The monoisotopic (exact) mass is 640 g/mol. The summed E-state index contributed by atoms with van der Waals surface area (Å²) in [7, 11) is 0. The third-order valence-electron chi connectivity index (χ3n) is 9.45. The van der Waals surface area contributed by atoms with Gasteiger partial charge in [-0.1, -0.05) is 133 Å². The molecule has 3 aromatic heterocycles. The van der Waals surface area contributed by atoms with Gasteiger partial charge in [-0.3, -0.25) is 4.57 Å². The highest BCUT2D eigenvalue weighted by atomic mass is 16.3. The van der Waals surface area contributed by atoms with Crippen LogP contribution in [0.15, 0.2) is 174 Å². The van der Waals surface area contributed by atoms with Gasteiger partial charge in [-0.15, -0.1) is 0 Å². The molecule has 0 N–H and O–H groups in total. The fourth-order valence-corrected chi connectivity index (χ4v) is 7.15. The maximum atomic E-state index is 6.45. The van der Waals surface area contributed by atoms with E-state index >= 15 is 0 Å². The van der Waals surface area contributed by atoms with Gasteiger partial charge in [-0.25, -0.2) is 4.98 Å². The van der Waals surface area contributed by atoms with E-state index in [2.05, 4.69) is 126 Å². The predicted octanol–water partition coefficient (Wildman–Crippen LogP) is 11.5. The molecule has 0 fully saturated rings. The van der Waals surface area contributed by atoms with Gasteiger partial charge in [0.15, 0.2) is 11.6 Å². The second-order valence-corrected chi connectivity index (χ2v) is 12.5. The number of hydrogen-bond acceptors (Lipinski definition) is 4. The lowest BCUT2D eigenvalue weighted by atomic mass is 9.94. The smallest absolute Gasteiger partial charge is 0.238 e. The fraction of sp³-hybridized carbons (Fsp3) is 0. The maximum absolute atomic E-state index is 6.45. The Labute approximate surface area is 287 Å². The van der Waals surface area contributed by atoms with Crippen molar-refractivity contribution in [1.82, 2.24) is 19.5 Å². The zero-order valence-corrected chi connectivity index (χ0v) is 26.9. The second-order valence-electron chi connectivity index (χ2n) is 12.5. The quantitative estimate of drug-likeness (QED) is 0.188. The van der Waals surface area contributed by atoms with Crippen molar-refractivity contribution < 1.29 is 4.42 Å². The normalized spacial score (nSPS) is 11.6. The molecule has 3 heterocycles. The van der Waals surface area contributed by atoms with Gasteiger partial charge in [-0.2, -0.15) is 9.97 Å². The molecule has 0 saturated carbocycles. The molecule has 5 heteroatoms. The topological polar surface area (TPSA) is 56.7 Å². The summed E-state index contributed by atoms with van der Waals surface area (Å²) < 4.78 is 8.59. The average Bonchev–Trinajstić information content (AvgIpc) is 3.74. The van der Waals surface area contributed by atoms with Crippen molar-refractivity contribution in [2.75, 3.05) is 0 Å². The SMILES string of the molecule is c1ccc(-c2nc(-c3cccc(-c4cc(-c5ccccc5)c5c(c4)oc4ccccc45)c3)nc(-n3c4ccccc4c4ccccc43)n2)cc1. The lowest BCUT2D eigenvalue weighted by molar-refractivity contribution is 0.669. The highest BCUT2D eigenvalue weighted by Crippen LogP contribution is 2.40. The Kier molecular flexibility index (Phi) is 6.42. The molecule has 0 aliphatic carbocycles. The third-order valence-corrected chi connectivity index (χ3v) is 9.45. The first-order valence-electron chi connectivity index (χ1n) is 16.7. The van der Waals surface area contributed by atoms with Gasteiger partial charge in [-0.05, 0) is 58.7 Å². The number of furan rings is 1. The van der Waals surface area contributed by atoms with Crippen LogP contribution in [0.3, 0.4) is 0 Å². The Morgan fingerprint density at radius 3 is 1.66 bits per heavy atom. The number of nitrogens with zero attached hydrogens (tertiary/aromatic N) is 4.